The Morgan fingerprint density at radius 2 is 1.79 bits per heavy atom. The van der Waals surface area contributed by atoms with Crippen molar-refractivity contribution in [3.05, 3.63) is 35.4 Å². The Morgan fingerprint density at radius 1 is 1.00 bits per heavy atom. The summed E-state index contributed by atoms with van der Waals surface area (Å²) in [4.78, 5) is 42.7. The molecule has 2 heterocycles. The molecular formula is C27H39N3O3. The molecule has 1 N–H and O–H groups in total. The molecule has 2 atom stereocenters. The van der Waals surface area contributed by atoms with Crippen molar-refractivity contribution in [2.45, 2.75) is 76.7 Å². The Balaban J connectivity index is 1.41. The highest BCUT2D eigenvalue weighted by Gasteiger charge is 2.31. The molecule has 0 aromatic heterocycles. The molecule has 1 unspecified atom stereocenters. The number of benzene rings is 1. The molecule has 4 rings (SSSR count). The molecule has 1 aromatic rings. The van der Waals surface area contributed by atoms with E-state index in [-0.39, 0.29) is 35.5 Å². The molecule has 0 spiro atoms. The van der Waals surface area contributed by atoms with E-state index in [0.29, 0.717) is 18.5 Å². The molecule has 2 aliphatic heterocycles. The van der Waals surface area contributed by atoms with Crippen LogP contribution in [-0.2, 0) is 9.59 Å². The molecule has 0 radical (unpaired) electrons. The maximum absolute atomic E-state index is 13.2. The molecule has 1 saturated carbocycles. The van der Waals surface area contributed by atoms with Gasteiger partial charge in [-0.05, 0) is 68.8 Å². The zero-order valence-corrected chi connectivity index (χ0v) is 20.1. The van der Waals surface area contributed by atoms with Crippen LogP contribution in [-0.4, -0.2) is 66.2 Å². The number of piperidine rings is 1. The van der Waals surface area contributed by atoms with Gasteiger partial charge < -0.3 is 10.2 Å². The highest BCUT2D eigenvalue weighted by molar-refractivity contribution is 5.98. The van der Waals surface area contributed by atoms with Gasteiger partial charge in [-0.15, -0.1) is 0 Å². The van der Waals surface area contributed by atoms with E-state index >= 15 is 0 Å². The second kappa shape index (κ2) is 11.3. The van der Waals surface area contributed by atoms with E-state index in [0.717, 1.165) is 70.3 Å². The first-order chi connectivity index (χ1) is 16.0. The Labute approximate surface area is 198 Å². The van der Waals surface area contributed by atoms with E-state index in [4.69, 9.17) is 0 Å². The quantitative estimate of drug-likeness (QED) is 0.651. The van der Waals surface area contributed by atoms with Crippen LogP contribution in [0.5, 0.6) is 0 Å². The summed E-state index contributed by atoms with van der Waals surface area (Å²) < 4.78 is 0. The third-order valence-corrected chi connectivity index (χ3v) is 7.81. The summed E-state index contributed by atoms with van der Waals surface area (Å²) in [5, 5.41) is 3.09. The van der Waals surface area contributed by atoms with Crippen molar-refractivity contribution >= 4 is 17.6 Å². The van der Waals surface area contributed by atoms with Gasteiger partial charge in [-0.3, -0.25) is 19.3 Å². The Kier molecular flexibility index (Phi) is 8.18. The molecule has 6 nitrogen and oxygen atoms in total. The number of amides is 2. The standard InChI is InChI=1S/C27H39N3O3/c1-2-24(31)26(20-9-4-3-5-10-20)28-27(33)22-12-6-11-21(17-22)23-13-7-16-30(18-23)25(32)19-29-14-8-15-29/h6,11-12,17,20,23,26H,2-5,7-10,13-16,18-19H2,1H3,(H,28,33)/t23?,26-/m1/s1. The van der Waals surface area contributed by atoms with Crippen LogP contribution in [0, 0.1) is 5.92 Å². The van der Waals surface area contributed by atoms with Gasteiger partial charge in [-0.2, -0.15) is 0 Å². The van der Waals surface area contributed by atoms with Gasteiger partial charge in [0.05, 0.1) is 12.6 Å². The lowest BCUT2D eigenvalue weighted by Crippen LogP contribution is -2.48. The molecule has 1 aromatic carbocycles. The molecule has 180 valence electrons. The second-order valence-corrected chi connectivity index (χ2v) is 10.1. The summed E-state index contributed by atoms with van der Waals surface area (Å²) in [7, 11) is 0. The number of ketones is 1. The second-order valence-electron chi connectivity index (χ2n) is 10.1. The summed E-state index contributed by atoms with van der Waals surface area (Å²) >= 11 is 0. The molecule has 6 heteroatoms. The van der Waals surface area contributed by atoms with Crippen LogP contribution in [0.1, 0.15) is 86.6 Å². The predicted octanol–water partition coefficient (Wildman–Crippen LogP) is 3.76. The van der Waals surface area contributed by atoms with Crippen molar-refractivity contribution in [2.24, 2.45) is 5.92 Å². The SMILES string of the molecule is CCC(=O)[C@H](NC(=O)c1cccc(C2CCCN(C(=O)CN3CCC3)C2)c1)C1CCCCC1. The van der Waals surface area contributed by atoms with Gasteiger partial charge in [0.2, 0.25) is 5.91 Å². The monoisotopic (exact) mass is 453 g/mol. The number of hydrogen-bond donors (Lipinski definition) is 1. The Bertz CT molecular complexity index is 845. The number of likely N-dealkylation sites (tertiary alicyclic amines) is 2. The third-order valence-electron chi connectivity index (χ3n) is 7.81. The van der Waals surface area contributed by atoms with Crippen LogP contribution < -0.4 is 5.32 Å². The van der Waals surface area contributed by atoms with Gasteiger partial charge in [-0.25, -0.2) is 0 Å². The maximum atomic E-state index is 13.2. The largest absolute Gasteiger partial charge is 0.342 e. The predicted molar refractivity (Wildman–Crippen MR) is 129 cm³/mol. The minimum absolute atomic E-state index is 0.134. The van der Waals surface area contributed by atoms with E-state index in [1.54, 1.807) is 0 Å². The average Bonchev–Trinajstić information content (AvgIpc) is 2.84. The van der Waals surface area contributed by atoms with E-state index < -0.39 is 0 Å². The first kappa shape index (κ1) is 23.9. The topological polar surface area (TPSA) is 69.7 Å². The van der Waals surface area contributed by atoms with Crippen molar-refractivity contribution in [3.8, 4) is 0 Å². The number of Topliss-reactive ketones (excluding diaryl/α,β-unsaturated/α-hetero) is 1. The van der Waals surface area contributed by atoms with Crippen molar-refractivity contribution in [3.63, 3.8) is 0 Å². The van der Waals surface area contributed by atoms with Crippen LogP contribution >= 0.6 is 0 Å². The Hall–Kier alpha value is -2.21. The van der Waals surface area contributed by atoms with Gasteiger partial charge in [-0.1, -0.05) is 38.3 Å². The molecule has 3 fully saturated rings. The maximum Gasteiger partial charge on any atom is 0.251 e. The summed E-state index contributed by atoms with van der Waals surface area (Å²) in [6.45, 7) is 6.01. The fourth-order valence-electron chi connectivity index (χ4n) is 5.61. The number of carbonyl (C=O) groups excluding carboxylic acids is 3. The van der Waals surface area contributed by atoms with E-state index in [1.165, 1.54) is 12.8 Å². The summed E-state index contributed by atoms with van der Waals surface area (Å²) in [5.41, 5.74) is 1.72. The fraction of sp³-hybridized carbons (Fsp3) is 0.667. The highest BCUT2D eigenvalue weighted by Crippen LogP contribution is 2.29. The smallest absolute Gasteiger partial charge is 0.251 e. The van der Waals surface area contributed by atoms with Gasteiger partial charge in [0, 0.05) is 31.0 Å². The van der Waals surface area contributed by atoms with E-state index in [9.17, 15) is 14.4 Å². The fourth-order valence-corrected chi connectivity index (χ4v) is 5.61. The average molecular weight is 454 g/mol. The molecule has 1 aliphatic carbocycles. The highest BCUT2D eigenvalue weighted by atomic mass is 16.2. The van der Waals surface area contributed by atoms with Crippen molar-refractivity contribution in [1.82, 2.24) is 15.1 Å². The number of hydrogen-bond acceptors (Lipinski definition) is 4. The van der Waals surface area contributed by atoms with Crippen molar-refractivity contribution < 1.29 is 14.4 Å². The lowest BCUT2D eigenvalue weighted by molar-refractivity contribution is -0.134. The number of carbonyl (C=O) groups is 3. The van der Waals surface area contributed by atoms with Crippen LogP contribution in [0.2, 0.25) is 0 Å². The zero-order chi connectivity index (χ0) is 23.2. The zero-order valence-electron chi connectivity index (χ0n) is 20.1. The number of rotatable bonds is 8. The minimum Gasteiger partial charge on any atom is -0.342 e. The van der Waals surface area contributed by atoms with Gasteiger partial charge in [0.1, 0.15) is 0 Å². The van der Waals surface area contributed by atoms with E-state index in [1.807, 2.05) is 30.0 Å². The lowest BCUT2D eigenvalue weighted by atomic mass is 9.81. The van der Waals surface area contributed by atoms with Gasteiger partial charge in [0.25, 0.3) is 5.91 Å². The van der Waals surface area contributed by atoms with E-state index in [2.05, 4.69) is 16.3 Å². The lowest BCUT2D eigenvalue weighted by Gasteiger charge is -2.36. The number of nitrogens with one attached hydrogen (secondary N) is 1. The molecule has 0 bridgehead atoms. The molecule has 3 aliphatic rings. The molecule has 2 saturated heterocycles. The Morgan fingerprint density at radius 3 is 2.48 bits per heavy atom. The first-order valence-electron chi connectivity index (χ1n) is 13.0. The van der Waals surface area contributed by atoms with Gasteiger partial charge in [0.15, 0.2) is 5.78 Å². The molecular weight excluding hydrogens is 414 g/mol. The van der Waals surface area contributed by atoms with Crippen LogP contribution in [0.15, 0.2) is 24.3 Å². The first-order valence-corrected chi connectivity index (χ1v) is 13.0. The van der Waals surface area contributed by atoms with Crippen molar-refractivity contribution in [1.29, 1.82) is 0 Å². The summed E-state index contributed by atoms with van der Waals surface area (Å²) in [5.74, 6) is 0.702. The van der Waals surface area contributed by atoms with Crippen LogP contribution in [0.3, 0.4) is 0 Å². The minimum atomic E-state index is -0.379. The van der Waals surface area contributed by atoms with Crippen LogP contribution in [0.25, 0.3) is 0 Å². The summed E-state index contributed by atoms with van der Waals surface area (Å²) in [6.07, 6.45) is 9.18. The molecule has 33 heavy (non-hydrogen) atoms. The summed E-state index contributed by atoms with van der Waals surface area (Å²) in [6, 6.07) is 7.43. The number of nitrogens with zero attached hydrogens (tertiary/aromatic N) is 2. The third kappa shape index (κ3) is 6.03. The molecule has 2 amide bonds. The van der Waals surface area contributed by atoms with Gasteiger partial charge >= 0.3 is 0 Å². The van der Waals surface area contributed by atoms with Crippen molar-refractivity contribution in [2.75, 3.05) is 32.7 Å². The normalized spacial score (nSPS) is 22.9. The van der Waals surface area contributed by atoms with Crippen LogP contribution in [0.4, 0.5) is 0 Å².